The largest absolute Gasteiger partial charge is 0.340 e. The summed E-state index contributed by atoms with van der Waals surface area (Å²) in [5.41, 5.74) is 1.73. The van der Waals surface area contributed by atoms with E-state index in [1.54, 1.807) is 12.1 Å². The average molecular weight is 446 g/mol. The normalized spacial score (nSPS) is 14.8. The predicted octanol–water partition coefficient (Wildman–Crippen LogP) is 3.21. The summed E-state index contributed by atoms with van der Waals surface area (Å²) in [7, 11) is 0. The van der Waals surface area contributed by atoms with Crippen molar-refractivity contribution in [3.8, 4) is 0 Å². The van der Waals surface area contributed by atoms with Crippen LogP contribution in [0.2, 0.25) is 0 Å². The van der Waals surface area contributed by atoms with Crippen molar-refractivity contribution < 1.29 is 4.79 Å². The average Bonchev–Trinajstić information content (AvgIpc) is 2.86. The van der Waals surface area contributed by atoms with E-state index in [1.807, 2.05) is 35.2 Å². The second-order valence-corrected chi connectivity index (χ2v) is 8.44. The van der Waals surface area contributed by atoms with Crippen molar-refractivity contribution in [2.75, 3.05) is 32.7 Å². The maximum absolute atomic E-state index is 12.6. The fourth-order valence-corrected chi connectivity index (χ4v) is 4.12. The molecule has 172 valence electrons. The first kappa shape index (κ1) is 22.9. The topological polar surface area (TPSA) is 71.3 Å². The molecule has 1 aromatic heterocycles. The Morgan fingerprint density at radius 1 is 0.909 bits per heavy atom. The fourth-order valence-electron chi connectivity index (χ4n) is 4.12. The van der Waals surface area contributed by atoms with Crippen LogP contribution in [0.4, 0.5) is 0 Å². The Morgan fingerprint density at radius 3 is 2.48 bits per heavy atom. The van der Waals surface area contributed by atoms with E-state index in [0.717, 1.165) is 52.0 Å². The third-order valence-corrected chi connectivity index (χ3v) is 6.09. The van der Waals surface area contributed by atoms with E-state index in [9.17, 15) is 9.59 Å². The van der Waals surface area contributed by atoms with Crippen LogP contribution < -0.4 is 5.56 Å². The van der Waals surface area contributed by atoms with Crippen LogP contribution >= 0.6 is 0 Å². The lowest BCUT2D eigenvalue weighted by atomic mass is 10.1. The third kappa shape index (κ3) is 6.35. The Labute approximate surface area is 194 Å². The maximum Gasteiger partial charge on any atom is 0.277 e. The van der Waals surface area contributed by atoms with Crippen molar-refractivity contribution in [3.63, 3.8) is 0 Å². The second-order valence-electron chi connectivity index (χ2n) is 8.44. The van der Waals surface area contributed by atoms with Crippen molar-refractivity contribution in [1.29, 1.82) is 0 Å². The number of aromatic nitrogens is 3. The maximum atomic E-state index is 12.6. The number of fused-ring (bicyclic) bond motifs is 1. The van der Waals surface area contributed by atoms with Gasteiger partial charge in [0.05, 0.1) is 5.39 Å². The van der Waals surface area contributed by atoms with Crippen LogP contribution in [-0.2, 0) is 11.3 Å². The molecule has 0 bridgehead atoms. The Bertz CT molecular complexity index is 1130. The van der Waals surface area contributed by atoms with Gasteiger partial charge < -0.3 is 4.90 Å². The van der Waals surface area contributed by atoms with E-state index in [4.69, 9.17) is 0 Å². The zero-order chi connectivity index (χ0) is 22.9. The van der Waals surface area contributed by atoms with Gasteiger partial charge in [-0.25, -0.2) is 4.68 Å². The van der Waals surface area contributed by atoms with Crippen LogP contribution in [0.15, 0.2) is 65.5 Å². The molecule has 0 unspecified atom stereocenters. The number of hydrogen-bond donors (Lipinski definition) is 0. The van der Waals surface area contributed by atoms with Gasteiger partial charge in [0, 0.05) is 45.7 Å². The van der Waals surface area contributed by atoms with Crippen LogP contribution in [0.5, 0.6) is 0 Å². The summed E-state index contributed by atoms with van der Waals surface area (Å²) in [5, 5.41) is 8.74. The zero-order valence-electron chi connectivity index (χ0n) is 19.0. The Balaban J connectivity index is 1.12. The van der Waals surface area contributed by atoms with Crippen LogP contribution in [-0.4, -0.2) is 63.4 Å². The number of nitrogens with zero attached hydrogens (tertiary/aromatic N) is 5. The predicted molar refractivity (Wildman–Crippen MR) is 131 cm³/mol. The first-order chi connectivity index (χ1) is 16.2. The van der Waals surface area contributed by atoms with Crippen molar-refractivity contribution in [2.45, 2.75) is 32.2 Å². The first-order valence-electron chi connectivity index (χ1n) is 11.7. The Kier molecular flexibility index (Phi) is 7.98. The summed E-state index contributed by atoms with van der Waals surface area (Å²) in [6, 6.07) is 17.6. The van der Waals surface area contributed by atoms with Gasteiger partial charge in [0.15, 0.2) is 0 Å². The molecule has 7 nitrogen and oxygen atoms in total. The number of hydrogen-bond acceptors (Lipinski definition) is 5. The zero-order valence-corrected chi connectivity index (χ0v) is 19.0. The summed E-state index contributed by atoms with van der Waals surface area (Å²) in [6.07, 6.45) is 7.42. The number of rotatable bonds is 9. The molecule has 3 aromatic rings. The molecule has 0 saturated carbocycles. The molecule has 1 aliphatic heterocycles. The smallest absolute Gasteiger partial charge is 0.277 e. The van der Waals surface area contributed by atoms with Gasteiger partial charge in [0.1, 0.15) is 5.52 Å². The molecule has 1 aliphatic rings. The van der Waals surface area contributed by atoms with E-state index < -0.39 is 0 Å². The van der Waals surface area contributed by atoms with Gasteiger partial charge in [-0.3, -0.25) is 14.5 Å². The van der Waals surface area contributed by atoms with Crippen LogP contribution in [0, 0.1) is 0 Å². The summed E-state index contributed by atoms with van der Waals surface area (Å²) in [6.45, 7) is 4.84. The highest BCUT2D eigenvalue weighted by molar-refractivity contribution is 5.76. The van der Waals surface area contributed by atoms with Crippen molar-refractivity contribution >= 4 is 22.9 Å². The number of carbonyl (C=O) groups excluding carboxylic acids is 1. The molecule has 7 heteroatoms. The van der Waals surface area contributed by atoms with Crippen molar-refractivity contribution in [1.82, 2.24) is 24.8 Å². The van der Waals surface area contributed by atoms with Crippen LogP contribution in [0.3, 0.4) is 0 Å². The Morgan fingerprint density at radius 2 is 1.67 bits per heavy atom. The van der Waals surface area contributed by atoms with Crippen molar-refractivity contribution in [3.05, 3.63) is 76.6 Å². The molecule has 0 N–H and O–H groups in total. The summed E-state index contributed by atoms with van der Waals surface area (Å²) in [4.78, 5) is 29.4. The van der Waals surface area contributed by atoms with Crippen LogP contribution in [0.1, 0.15) is 31.2 Å². The fraction of sp³-hybridized carbons (Fsp3) is 0.385. The summed E-state index contributed by atoms with van der Waals surface area (Å²) < 4.78 is 1.43. The van der Waals surface area contributed by atoms with Gasteiger partial charge in [-0.15, -0.1) is 5.10 Å². The molecule has 2 aromatic carbocycles. The molecule has 0 aliphatic carbocycles. The summed E-state index contributed by atoms with van der Waals surface area (Å²) in [5.74, 6) is 0.233. The van der Waals surface area contributed by atoms with Gasteiger partial charge in [-0.2, -0.15) is 0 Å². The minimum Gasteiger partial charge on any atom is -0.340 e. The van der Waals surface area contributed by atoms with E-state index >= 15 is 0 Å². The van der Waals surface area contributed by atoms with Gasteiger partial charge in [-0.1, -0.05) is 66.3 Å². The Hall–Kier alpha value is -3.32. The molecule has 33 heavy (non-hydrogen) atoms. The molecular formula is C26H31N5O2. The lowest BCUT2D eigenvalue weighted by molar-refractivity contribution is -0.133. The van der Waals surface area contributed by atoms with Gasteiger partial charge in [0.2, 0.25) is 5.91 Å². The second kappa shape index (κ2) is 11.5. The molecule has 1 saturated heterocycles. The van der Waals surface area contributed by atoms with Gasteiger partial charge in [-0.05, 0) is 30.5 Å². The molecule has 2 heterocycles. The third-order valence-electron chi connectivity index (χ3n) is 6.09. The molecule has 0 atom stereocenters. The van der Waals surface area contributed by atoms with E-state index in [0.29, 0.717) is 23.9 Å². The van der Waals surface area contributed by atoms with Gasteiger partial charge >= 0.3 is 0 Å². The summed E-state index contributed by atoms with van der Waals surface area (Å²) >= 11 is 0. The monoisotopic (exact) mass is 445 g/mol. The van der Waals surface area contributed by atoms with E-state index in [-0.39, 0.29) is 11.5 Å². The number of piperazine rings is 1. The number of amides is 1. The van der Waals surface area contributed by atoms with Gasteiger partial charge in [0.25, 0.3) is 5.56 Å². The van der Waals surface area contributed by atoms with E-state index in [1.165, 1.54) is 10.2 Å². The first-order valence-corrected chi connectivity index (χ1v) is 11.7. The highest BCUT2D eigenvalue weighted by Crippen LogP contribution is 2.09. The highest BCUT2D eigenvalue weighted by atomic mass is 16.2. The molecule has 1 fully saturated rings. The lowest BCUT2D eigenvalue weighted by Crippen LogP contribution is -2.48. The van der Waals surface area contributed by atoms with Crippen molar-refractivity contribution in [2.24, 2.45) is 0 Å². The quantitative estimate of drug-likeness (QED) is 0.473. The molecule has 0 radical (unpaired) electrons. The van der Waals surface area contributed by atoms with E-state index in [2.05, 4.69) is 39.5 Å². The number of carbonyl (C=O) groups is 1. The number of aryl methyl sites for hydroxylation is 1. The standard InChI is InChI=1S/C26H31N5O2/c32-25(30-20-18-29(19-21-30)16-9-12-22-10-3-1-4-11-22)15-5-2-8-17-31-26(33)23-13-6-7-14-24(23)27-28-31/h1,3-4,6-7,9-14H,2,5,8,15-21H2/b12-9+. The molecular weight excluding hydrogens is 414 g/mol. The minimum absolute atomic E-state index is 0.104. The molecule has 4 rings (SSSR count). The number of unbranched alkanes of at least 4 members (excludes halogenated alkanes) is 2. The lowest BCUT2D eigenvalue weighted by Gasteiger charge is -2.34. The number of benzene rings is 2. The molecule has 1 amide bonds. The minimum atomic E-state index is -0.104. The highest BCUT2D eigenvalue weighted by Gasteiger charge is 2.19. The molecule has 0 spiro atoms. The van der Waals surface area contributed by atoms with Crippen LogP contribution in [0.25, 0.3) is 17.0 Å². The SMILES string of the molecule is O=C(CCCCCn1nnc2ccccc2c1=O)N1CCN(C/C=C/c2ccccc2)CC1.